The van der Waals surface area contributed by atoms with Crippen LogP contribution in [0.5, 0.6) is 5.75 Å². The van der Waals surface area contributed by atoms with Gasteiger partial charge in [0.05, 0.1) is 12.8 Å². The highest BCUT2D eigenvalue weighted by Gasteiger charge is 2.23. The summed E-state index contributed by atoms with van der Waals surface area (Å²) in [4.78, 5) is 26.6. The van der Waals surface area contributed by atoms with Gasteiger partial charge in [0.1, 0.15) is 12.3 Å². The van der Waals surface area contributed by atoms with Crippen LogP contribution in [0.15, 0.2) is 29.4 Å². The number of rotatable bonds is 7. The Kier molecular flexibility index (Phi) is 6.22. The molecule has 0 radical (unpaired) electrons. The van der Waals surface area contributed by atoms with Gasteiger partial charge in [-0.3, -0.25) is 9.59 Å². The molecule has 2 aliphatic heterocycles. The molecule has 1 saturated heterocycles. The van der Waals surface area contributed by atoms with E-state index in [1.165, 1.54) is 17.9 Å². The quantitative estimate of drug-likeness (QED) is 0.796. The van der Waals surface area contributed by atoms with Crippen LogP contribution in [0, 0.1) is 0 Å². The van der Waals surface area contributed by atoms with E-state index in [1.807, 2.05) is 24.3 Å². The van der Waals surface area contributed by atoms with E-state index in [0.29, 0.717) is 19.4 Å². The Balaban J connectivity index is 1.54. The first-order valence-electron chi connectivity index (χ1n) is 9.17. The van der Waals surface area contributed by atoms with Gasteiger partial charge in [-0.25, -0.2) is 5.01 Å². The molecule has 7 heteroatoms. The molecule has 0 aromatic heterocycles. The third-order valence-corrected chi connectivity index (χ3v) is 4.77. The highest BCUT2D eigenvalue weighted by Crippen LogP contribution is 2.18. The molecular weight excluding hydrogens is 332 g/mol. The van der Waals surface area contributed by atoms with Gasteiger partial charge >= 0.3 is 0 Å². The summed E-state index contributed by atoms with van der Waals surface area (Å²) in [5, 5.41) is 8.58. The van der Waals surface area contributed by atoms with E-state index < -0.39 is 0 Å². The Hall–Kier alpha value is -2.41. The van der Waals surface area contributed by atoms with Crippen LogP contribution in [-0.2, 0) is 9.59 Å². The van der Waals surface area contributed by atoms with Gasteiger partial charge in [0.25, 0.3) is 0 Å². The van der Waals surface area contributed by atoms with E-state index in [1.54, 1.807) is 7.11 Å². The number of methoxy groups -OCH3 is 1. The van der Waals surface area contributed by atoms with Gasteiger partial charge in [0, 0.05) is 25.9 Å². The lowest BCUT2D eigenvalue weighted by atomic mass is 10.0. The third-order valence-electron chi connectivity index (χ3n) is 4.77. The van der Waals surface area contributed by atoms with Crippen LogP contribution in [-0.4, -0.2) is 67.3 Å². The van der Waals surface area contributed by atoms with Crippen molar-refractivity contribution in [3.05, 3.63) is 29.8 Å². The van der Waals surface area contributed by atoms with E-state index in [2.05, 4.69) is 15.3 Å². The molecule has 1 fully saturated rings. The van der Waals surface area contributed by atoms with Crippen LogP contribution < -0.4 is 10.1 Å². The van der Waals surface area contributed by atoms with Crippen molar-refractivity contribution < 1.29 is 14.3 Å². The fourth-order valence-corrected chi connectivity index (χ4v) is 3.27. The van der Waals surface area contributed by atoms with Crippen molar-refractivity contribution in [1.82, 2.24) is 15.2 Å². The zero-order valence-electron chi connectivity index (χ0n) is 15.2. The van der Waals surface area contributed by atoms with Gasteiger partial charge in [-0.05, 0) is 55.8 Å². The van der Waals surface area contributed by atoms with E-state index in [9.17, 15) is 9.59 Å². The number of amides is 2. The van der Waals surface area contributed by atoms with Gasteiger partial charge in [-0.15, -0.1) is 0 Å². The summed E-state index contributed by atoms with van der Waals surface area (Å²) in [6, 6.07) is 7.57. The number of hydrazone groups is 1. The Morgan fingerprint density at radius 3 is 2.62 bits per heavy atom. The SMILES string of the molecule is COc1ccc(C2=NN(CC(=O)NCCN3CCCC3)C(=O)CC2)cc1. The number of carbonyl (C=O) groups excluding carboxylic acids is 2. The first-order chi connectivity index (χ1) is 12.7. The highest BCUT2D eigenvalue weighted by molar-refractivity contribution is 6.04. The number of carbonyl (C=O) groups is 2. The maximum absolute atomic E-state index is 12.1. The average Bonchev–Trinajstić information content (AvgIpc) is 3.17. The van der Waals surface area contributed by atoms with Crippen molar-refractivity contribution in [2.24, 2.45) is 5.10 Å². The minimum absolute atomic E-state index is 0.0293. The minimum atomic E-state index is -0.169. The average molecular weight is 358 g/mol. The molecule has 2 amide bonds. The van der Waals surface area contributed by atoms with Gasteiger partial charge in [-0.1, -0.05) is 0 Å². The smallest absolute Gasteiger partial charge is 0.243 e. The normalized spacial score (nSPS) is 18.0. The summed E-state index contributed by atoms with van der Waals surface area (Å²) in [7, 11) is 1.62. The number of ether oxygens (including phenoxy) is 1. The molecule has 2 aliphatic rings. The highest BCUT2D eigenvalue weighted by atomic mass is 16.5. The molecule has 140 valence electrons. The second kappa shape index (κ2) is 8.80. The molecule has 0 spiro atoms. The number of hydrogen-bond acceptors (Lipinski definition) is 5. The van der Waals surface area contributed by atoms with Crippen molar-refractivity contribution >= 4 is 17.5 Å². The van der Waals surface area contributed by atoms with Crippen molar-refractivity contribution in [2.75, 3.05) is 39.8 Å². The van der Waals surface area contributed by atoms with Crippen LogP contribution in [0.2, 0.25) is 0 Å². The van der Waals surface area contributed by atoms with Gasteiger partial charge in [0.2, 0.25) is 11.8 Å². The molecule has 2 heterocycles. The Morgan fingerprint density at radius 2 is 1.92 bits per heavy atom. The van der Waals surface area contributed by atoms with Crippen molar-refractivity contribution in [3.63, 3.8) is 0 Å². The molecule has 1 N–H and O–H groups in total. The standard InChI is InChI=1S/C19H26N4O3/c1-26-16-6-4-15(5-7-16)17-8-9-19(25)23(21-17)14-18(24)20-10-13-22-11-2-3-12-22/h4-7H,2-3,8-14H2,1H3,(H,20,24). The topological polar surface area (TPSA) is 74.2 Å². The lowest BCUT2D eigenvalue weighted by Gasteiger charge is -2.23. The number of benzene rings is 1. The lowest BCUT2D eigenvalue weighted by Crippen LogP contribution is -2.42. The molecule has 26 heavy (non-hydrogen) atoms. The largest absolute Gasteiger partial charge is 0.497 e. The summed E-state index contributed by atoms with van der Waals surface area (Å²) in [5.41, 5.74) is 1.76. The van der Waals surface area contributed by atoms with Gasteiger partial charge in [-0.2, -0.15) is 5.10 Å². The number of nitrogens with one attached hydrogen (secondary N) is 1. The number of likely N-dealkylation sites (tertiary alicyclic amines) is 1. The van der Waals surface area contributed by atoms with Crippen LogP contribution in [0.3, 0.4) is 0 Å². The predicted octanol–water partition coefficient (Wildman–Crippen LogP) is 1.23. The second-order valence-electron chi connectivity index (χ2n) is 6.63. The monoisotopic (exact) mass is 358 g/mol. The maximum atomic E-state index is 12.1. The molecule has 0 atom stereocenters. The maximum Gasteiger partial charge on any atom is 0.243 e. The fraction of sp³-hybridized carbons (Fsp3) is 0.526. The van der Waals surface area contributed by atoms with E-state index in [0.717, 1.165) is 36.7 Å². The summed E-state index contributed by atoms with van der Waals surface area (Å²) in [5.74, 6) is 0.490. The van der Waals surface area contributed by atoms with Crippen molar-refractivity contribution in [3.8, 4) is 5.75 Å². The Morgan fingerprint density at radius 1 is 1.19 bits per heavy atom. The molecule has 0 bridgehead atoms. The summed E-state index contributed by atoms with van der Waals surface area (Å²) >= 11 is 0. The molecule has 1 aromatic rings. The first kappa shape index (κ1) is 18.4. The van der Waals surface area contributed by atoms with E-state index in [-0.39, 0.29) is 18.4 Å². The molecule has 0 aliphatic carbocycles. The zero-order valence-corrected chi connectivity index (χ0v) is 15.2. The summed E-state index contributed by atoms with van der Waals surface area (Å²) < 4.78 is 5.16. The second-order valence-corrected chi connectivity index (χ2v) is 6.63. The first-order valence-corrected chi connectivity index (χ1v) is 9.17. The van der Waals surface area contributed by atoms with Crippen molar-refractivity contribution in [2.45, 2.75) is 25.7 Å². The molecule has 1 aromatic carbocycles. The van der Waals surface area contributed by atoms with Crippen LogP contribution >= 0.6 is 0 Å². The van der Waals surface area contributed by atoms with Crippen LogP contribution in [0.4, 0.5) is 0 Å². The van der Waals surface area contributed by atoms with E-state index in [4.69, 9.17) is 4.74 Å². The molecular formula is C19H26N4O3. The predicted molar refractivity (Wildman–Crippen MR) is 99.2 cm³/mol. The lowest BCUT2D eigenvalue weighted by molar-refractivity contribution is -0.136. The number of nitrogens with zero attached hydrogens (tertiary/aromatic N) is 3. The Bertz CT molecular complexity index is 666. The Labute approximate surface area is 154 Å². The molecule has 0 saturated carbocycles. The molecule has 3 rings (SSSR count). The van der Waals surface area contributed by atoms with E-state index >= 15 is 0 Å². The zero-order chi connectivity index (χ0) is 18.4. The summed E-state index contributed by atoms with van der Waals surface area (Å²) in [6.45, 7) is 3.65. The van der Waals surface area contributed by atoms with Crippen LogP contribution in [0.25, 0.3) is 0 Å². The van der Waals surface area contributed by atoms with Crippen molar-refractivity contribution in [1.29, 1.82) is 0 Å². The fourth-order valence-electron chi connectivity index (χ4n) is 3.27. The van der Waals surface area contributed by atoms with Gasteiger partial charge in [0.15, 0.2) is 0 Å². The van der Waals surface area contributed by atoms with Gasteiger partial charge < -0.3 is 15.0 Å². The minimum Gasteiger partial charge on any atom is -0.497 e. The molecule has 7 nitrogen and oxygen atoms in total. The molecule has 0 unspecified atom stereocenters. The van der Waals surface area contributed by atoms with Crippen LogP contribution in [0.1, 0.15) is 31.2 Å². The summed E-state index contributed by atoms with van der Waals surface area (Å²) in [6.07, 6.45) is 3.42. The number of hydrogen-bond donors (Lipinski definition) is 1. The third kappa shape index (κ3) is 4.82.